The quantitative estimate of drug-likeness (QED) is 0.909. The van der Waals surface area contributed by atoms with Crippen LogP contribution in [0.3, 0.4) is 0 Å². The van der Waals surface area contributed by atoms with E-state index in [1.165, 1.54) is 13.2 Å². The molecule has 7 heteroatoms. The number of alkyl halides is 3. The smallest absolute Gasteiger partial charge is 0.416 e. The van der Waals surface area contributed by atoms with Crippen molar-refractivity contribution in [2.45, 2.75) is 12.7 Å². The Labute approximate surface area is 124 Å². The normalized spacial score (nSPS) is 11.3. The molecule has 0 saturated carbocycles. The summed E-state index contributed by atoms with van der Waals surface area (Å²) in [5.41, 5.74) is 0.320. The highest BCUT2D eigenvalue weighted by Gasteiger charge is 2.31. The van der Waals surface area contributed by atoms with Gasteiger partial charge in [-0.1, -0.05) is 17.7 Å². The Bertz CT molecular complexity index is 615. The SMILES string of the molecule is COc1ccc(CNc2cc(Cl)cc(C(F)(F)F)c2)cn1. The van der Waals surface area contributed by atoms with E-state index >= 15 is 0 Å². The van der Waals surface area contributed by atoms with Gasteiger partial charge < -0.3 is 10.1 Å². The molecule has 0 unspecified atom stereocenters. The molecule has 21 heavy (non-hydrogen) atoms. The van der Waals surface area contributed by atoms with E-state index in [2.05, 4.69) is 10.3 Å². The molecule has 0 saturated heterocycles. The Morgan fingerprint density at radius 2 is 2.00 bits per heavy atom. The summed E-state index contributed by atoms with van der Waals surface area (Å²) in [6.45, 7) is 0.328. The average Bonchev–Trinajstić information content (AvgIpc) is 2.44. The first-order valence-electron chi connectivity index (χ1n) is 5.99. The van der Waals surface area contributed by atoms with Crippen molar-refractivity contribution < 1.29 is 17.9 Å². The molecular weight excluding hydrogens is 305 g/mol. The molecule has 0 aliphatic rings. The lowest BCUT2D eigenvalue weighted by Gasteiger charge is -2.11. The highest BCUT2D eigenvalue weighted by molar-refractivity contribution is 6.30. The predicted molar refractivity (Wildman–Crippen MR) is 74.6 cm³/mol. The summed E-state index contributed by atoms with van der Waals surface area (Å²) in [7, 11) is 1.50. The van der Waals surface area contributed by atoms with Crippen LogP contribution in [0.5, 0.6) is 5.88 Å². The second kappa shape index (κ2) is 6.22. The summed E-state index contributed by atoms with van der Waals surface area (Å²) >= 11 is 5.71. The fourth-order valence-corrected chi connectivity index (χ4v) is 1.93. The third-order valence-corrected chi connectivity index (χ3v) is 2.95. The van der Waals surface area contributed by atoms with Crippen molar-refractivity contribution in [3.05, 3.63) is 52.7 Å². The van der Waals surface area contributed by atoms with Crippen molar-refractivity contribution >= 4 is 17.3 Å². The van der Waals surface area contributed by atoms with Crippen molar-refractivity contribution in [2.75, 3.05) is 12.4 Å². The van der Waals surface area contributed by atoms with Crippen molar-refractivity contribution in [3.63, 3.8) is 0 Å². The van der Waals surface area contributed by atoms with Gasteiger partial charge in [-0.2, -0.15) is 13.2 Å². The second-order valence-corrected chi connectivity index (χ2v) is 4.73. The number of hydrogen-bond donors (Lipinski definition) is 1. The number of benzene rings is 1. The van der Waals surface area contributed by atoms with Gasteiger partial charge in [-0.3, -0.25) is 0 Å². The fourth-order valence-electron chi connectivity index (χ4n) is 1.70. The monoisotopic (exact) mass is 316 g/mol. The number of nitrogens with zero attached hydrogens (tertiary/aromatic N) is 1. The number of nitrogens with one attached hydrogen (secondary N) is 1. The van der Waals surface area contributed by atoms with Gasteiger partial charge in [-0.15, -0.1) is 0 Å². The molecule has 0 radical (unpaired) electrons. The number of halogens is 4. The van der Waals surface area contributed by atoms with Gasteiger partial charge in [-0.25, -0.2) is 4.98 Å². The minimum atomic E-state index is -4.43. The molecule has 1 N–H and O–H groups in total. The topological polar surface area (TPSA) is 34.1 Å². The number of hydrogen-bond acceptors (Lipinski definition) is 3. The van der Waals surface area contributed by atoms with Crippen LogP contribution in [-0.2, 0) is 12.7 Å². The van der Waals surface area contributed by atoms with Crippen LogP contribution >= 0.6 is 11.6 Å². The summed E-state index contributed by atoms with van der Waals surface area (Å²) in [5.74, 6) is 0.473. The Hall–Kier alpha value is -1.95. The molecule has 0 aliphatic heterocycles. The van der Waals surface area contributed by atoms with Crippen LogP contribution in [0.4, 0.5) is 18.9 Å². The first kappa shape index (κ1) is 15.4. The van der Waals surface area contributed by atoms with Gasteiger partial charge in [0.05, 0.1) is 12.7 Å². The minimum absolute atomic E-state index is 0.0279. The highest BCUT2D eigenvalue weighted by Crippen LogP contribution is 2.33. The van der Waals surface area contributed by atoms with Crippen LogP contribution < -0.4 is 10.1 Å². The van der Waals surface area contributed by atoms with Crippen LogP contribution in [0.15, 0.2) is 36.5 Å². The number of ether oxygens (including phenoxy) is 1. The van der Waals surface area contributed by atoms with Gasteiger partial charge in [-0.05, 0) is 23.8 Å². The summed E-state index contributed by atoms with van der Waals surface area (Å²) in [6, 6.07) is 6.79. The van der Waals surface area contributed by atoms with Crippen molar-refractivity contribution in [3.8, 4) is 5.88 Å². The maximum absolute atomic E-state index is 12.7. The molecule has 0 amide bonds. The van der Waals surface area contributed by atoms with Gasteiger partial charge in [0.25, 0.3) is 0 Å². The Morgan fingerprint density at radius 3 is 2.57 bits per heavy atom. The Kier molecular flexibility index (Phi) is 4.57. The molecule has 112 valence electrons. The van der Waals surface area contributed by atoms with E-state index in [0.717, 1.165) is 17.7 Å². The van der Waals surface area contributed by atoms with Crippen LogP contribution in [0.25, 0.3) is 0 Å². The van der Waals surface area contributed by atoms with Crippen molar-refractivity contribution in [2.24, 2.45) is 0 Å². The van der Waals surface area contributed by atoms with Crippen molar-refractivity contribution in [1.29, 1.82) is 0 Å². The molecule has 3 nitrogen and oxygen atoms in total. The van der Waals surface area contributed by atoms with E-state index in [9.17, 15) is 13.2 Å². The maximum Gasteiger partial charge on any atom is 0.416 e. The summed E-state index contributed by atoms with van der Waals surface area (Å²) in [6.07, 6.45) is -2.84. The molecule has 0 spiro atoms. The van der Waals surface area contributed by atoms with Crippen LogP contribution in [-0.4, -0.2) is 12.1 Å². The number of rotatable bonds is 4. The lowest BCUT2D eigenvalue weighted by molar-refractivity contribution is -0.137. The van der Waals surface area contributed by atoms with E-state index in [-0.39, 0.29) is 5.02 Å². The van der Waals surface area contributed by atoms with Crippen LogP contribution in [0, 0.1) is 0 Å². The standard InChI is InChI=1S/C14H12ClF3N2O/c1-21-13-3-2-9(8-20-13)7-19-12-5-10(14(16,17)18)4-11(15)6-12/h2-6,8,19H,7H2,1H3. The molecular formula is C14H12ClF3N2O. The molecule has 2 rings (SSSR count). The van der Waals surface area contributed by atoms with E-state index in [4.69, 9.17) is 16.3 Å². The van der Waals surface area contributed by atoms with Crippen LogP contribution in [0.2, 0.25) is 5.02 Å². The summed E-state index contributed by atoms with van der Waals surface area (Å²) in [4.78, 5) is 4.02. The maximum atomic E-state index is 12.7. The first-order valence-corrected chi connectivity index (χ1v) is 6.37. The molecule has 1 aromatic carbocycles. The van der Waals surface area contributed by atoms with Gasteiger partial charge in [0.15, 0.2) is 0 Å². The molecule has 2 aromatic rings. The van der Waals surface area contributed by atoms with E-state index < -0.39 is 11.7 Å². The first-order chi connectivity index (χ1) is 9.88. The number of methoxy groups -OCH3 is 1. The summed E-state index contributed by atoms with van der Waals surface area (Å²) in [5, 5.41) is 2.91. The minimum Gasteiger partial charge on any atom is -0.481 e. The average molecular weight is 317 g/mol. The Morgan fingerprint density at radius 1 is 1.24 bits per heavy atom. The zero-order valence-corrected chi connectivity index (χ0v) is 11.8. The molecule has 0 atom stereocenters. The zero-order chi connectivity index (χ0) is 15.5. The fraction of sp³-hybridized carbons (Fsp3) is 0.214. The van der Waals surface area contributed by atoms with Gasteiger partial charge >= 0.3 is 6.18 Å². The third-order valence-electron chi connectivity index (χ3n) is 2.73. The van der Waals surface area contributed by atoms with Crippen molar-refractivity contribution in [1.82, 2.24) is 4.98 Å². The largest absolute Gasteiger partial charge is 0.481 e. The Balaban J connectivity index is 2.10. The molecule has 0 bridgehead atoms. The lowest BCUT2D eigenvalue weighted by atomic mass is 10.2. The third kappa shape index (κ3) is 4.26. The van der Waals surface area contributed by atoms with Crippen LogP contribution in [0.1, 0.15) is 11.1 Å². The summed E-state index contributed by atoms with van der Waals surface area (Å²) < 4.78 is 43.0. The van der Waals surface area contributed by atoms with E-state index in [0.29, 0.717) is 18.1 Å². The van der Waals surface area contributed by atoms with Gasteiger partial charge in [0.1, 0.15) is 0 Å². The molecule has 0 aliphatic carbocycles. The zero-order valence-electron chi connectivity index (χ0n) is 11.0. The van der Waals surface area contributed by atoms with E-state index in [1.54, 1.807) is 18.3 Å². The molecule has 0 fully saturated rings. The molecule has 1 heterocycles. The lowest BCUT2D eigenvalue weighted by Crippen LogP contribution is -2.07. The van der Waals surface area contributed by atoms with Gasteiger partial charge in [0, 0.05) is 29.5 Å². The number of aromatic nitrogens is 1. The predicted octanol–water partition coefficient (Wildman–Crippen LogP) is 4.37. The highest BCUT2D eigenvalue weighted by atomic mass is 35.5. The molecule has 1 aromatic heterocycles. The van der Waals surface area contributed by atoms with Gasteiger partial charge in [0.2, 0.25) is 5.88 Å². The number of anilines is 1. The van der Waals surface area contributed by atoms with E-state index in [1.807, 2.05) is 0 Å². The second-order valence-electron chi connectivity index (χ2n) is 4.29. The number of pyridine rings is 1.